The van der Waals surface area contributed by atoms with Gasteiger partial charge in [-0.1, -0.05) is 90.5 Å². The monoisotopic (exact) mass is 734 g/mol. The fourth-order valence-electron chi connectivity index (χ4n) is 6.20. The fourth-order valence-corrected chi connectivity index (χ4v) is 7.35. The highest BCUT2D eigenvalue weighted by atomic mass is 35.5. The predicted octanol–water partition coefficient (Wildman–Crippen LogP) is 10.3. The number of aromatic nitrogens is 1. The van der Waals surface area contributed by atoms with Crippen molar-refractivity contribution >= 4 is 80.3 Å². The third-order valence-electron chi connectivity index (χ3n) is 8.77. The Morgan fingerprint density at radius 1 is 0.698 bits per heavy atom. The summed E-state index contributed by atoms with van der Waals surface area (Å²) in [5.41, 5.74) is 5.58. The van der Waals surface area contributed by atoms with E-state index in [-0.39, 0.29) is 11.6 Å². The van der Waals surface area contributed by atoms with Gasteiger partial charge >= 0.3 is 0 Å². The van der Waals surface area contributed by atoms with Crippen LogP contribution in [0.3, 0.4) is 0 Å². The number of carbonyl (C=O) groups is 3. The predicted molar refractivity (Wildman–Crippen MR) is 217 cm³/mol. The molecule has 7 nitrogen and oxygen atoms in total. The molecular formula is C44H35ClN4O3S. The second-order valence-electron chi connectivity index (χ2n) is 12.3. The lowest BCUT2D eigenvalue weighted by Crippen LogP contribution is -2.30. The molecule has 0 radical (unpaired) electrons. The number of halogens is 1. The molecule has 7 aromatic rings. The number of amides is 3. The molecule has 0 saturated heterocycles. The molecule has 0 aliphatic carbocycles. The number of benzene rings is 6. The lowest BCUT2D eigenvalue weighted by molar-refractivity contribution is -0.116. The number of aryl methyl sites for hydroxylation is 1. The van der Waals surface area contributed by atoms with Gasteiger partial charge in [0, 0.05) is 55.2 Å². The summed E-state index contributed by atoms with van der Waals surface area (Å²) in [7, 11) is 0. The Labute approximate surface area is 316 Å². The Morgan fingerprint density at radius 3 is 2.06 bits per heavy atom. The van der Waals surface area contributed by atoms with Crippen molar-refractivity contribution in [3.63, 3.8) is 0 Å². The van der Waals surface area contributed by atoms with Crippen molar-refractivity contribution in [1.82, 2.24) is 9.88 Å². The van der Waals surface area contributed by atoms with Crippen molar-refractivity contribution in [2.75, 3.05) is 10.6 Å². The molecule has 53 heavy (non-hydrogen) atoms. The number of nitrogens with zero attached hydrogens (tertiary/aromatic N) is 1. The van der Waals surface area contributed by atoms with Gasteiger partial charge in [-0.3, -0.25) is 14.4 Å². The molecule has 7 rings (SSSR count). The van der Waals surface area contributed by atoms with Crippen molar-refractivity contribution in [1.29, 1.82) is 0 Å². The van der Waals surface area contributed by atoms with Crippen molar-refractivity contribution < 1.29 is 14.4 Å². The molecule has 262 valence electrons. The summed E-state index contributed by atoms with van der Waals surface area (Å²) < 4.78 is 2.28. The first-order chi connectivity index (χ1) is 25.9. The average Bonchev–Trinajstić information content (AvgIpc) is 3.51. The number of para-hydroxylation sites is 1. The maximum Gasteiger partial charge on any atom is 0.272 e. The van der Waals surface area contributed by atoms with E-state index in [0.29, 0.717) is 21.8 Å². The first-order valence-corrected chi connectivity index (χ1v) is 18.4. The normalized spacial score (nSPS) is 12.0. The van der Waals surface area contributed by atoms with Gasteiger partial charge in [0.15, 0.2) is 0 Å². The van der Waals surface area contributed by atoms with Crippen LogP contribution in [-0.2, 0) is 16.1 Å². The van der Waals surface area contributed by atoms with E-state index in [1.54, 1.807) is 66.7 Å². The smallest absolute Gasteiger partial charge is 0.272 e. The molecule has 6 aromatic carbocycles. The molecule has 0 aliphatic heterocycles. The second kappa shape index (κ2) is 16.1. The van der Waals surface area contributed by atoms with Gasteiger partial charge in [-0.2, -0.15) is 0 Å². The van der Waals surface area contributed by atoms with E-state index in [1.165, 1.54) is 11.8 Å². The van der Waals surface area contributed by atoms with Crippen LogP contribution in [-0.4, -0.2) is 22.3 Å². The molecule has 0 bridgehead atoms. The first-order valence-electron chi connectivity index (χ1n) is 17.1. The number of thioether (sulfide) groups is 1. The highest BCUT2D eigenvalue weighted by Gasteiger charge is 2.23. The fraction of sp³-hybridized carbons (Fsp3) is 0.0682. The second-order valence-corrected chi connectivity index (χ2v) is 13.9. The van der Waals surface area contributed by atoms with Gasteiger partial charge in [0.25, 0.3) is 11.8 Å². The standard InChI is InChI=1S/C44H35ClN4O3S/c1-2-49-39-16-10-9-15-36(39)37-28-34(23-26-40(37)49)47-44(52)41(30-11-5-3-6-12-30)53-35-24-21-33(22-25-35)46-43(51)38(27-29-17-19-32(45)20-18-29)48-42(50)31-13-7-4-8-14-31/h3-28,41H,2H2,1H3,(H,46,51)(H,47,52)(H,48,50)/b38-27-. The van der Waals surface area contributed by atoms with Gasteiger partial charge in [-0.25, -0.2) is 0 Å². The molecule has 1 heterocycles. The summed E-state index contributed by atoms with van der Waals surface area (Å²) in [4.78, 5) is 41.4. The zero-order valence-corrected chi connectivity index (χ0v) is 30.3. The number of rotatable bonds is 11. The molecule has 0 spiro atoms. The van der Waals surface area contributed by atoms with Gasteiger partial charge in [0.1, 0.15) is 10.9 Å². The molecular weight excluding hydrogens is 700 g/mol. The quantitative estimate of drug-likeness (QED) is 0.0911. The minimum absolute atomic E-state index is 0.0675. The van der Waals surface area contributed by atoms with Gasteiger partial charge < -0.3 is 20.5 Å². The van der Waals surface area contributed by atoms with Crippen LogP contribution in [0.5, 0.6) is 0 Å². The van der Waals surface area contributed by atoms with Crippen LogP contribution in [0.15, 0.2) is 162 Å². The summed E-state index contributed by atoms with van der Waals surface area (Å²) in [6.07, 6.45) is 1.60. The zero-order chi connectivity index (χ0) is 36.7. The molecule has 0 aliphatic rings. The molecule has 1 unspecified atom stereocenters. The number of carbonyl (C=O) groups excluding carboxylic acids is 3. The van der Waals surface area contributed by atoms with E-state index in [0.717, 1.165) is 44.5 Å². The number of fused-ring (bicyclic) bond motifs is 3. The summed E-state index contributed by atoms with van der Waals surface area (Å²) in [5.74, 6) is -1.06. The van der Waals surface area contributed by atoms with E-state index in [4.69, 9.17) is 11.6 Å². The third-order valence-corrected chi connectivity index (χ3v) is 10.3. The highest BCUT2D eigenvalue weighted by Crippen LogP contribution is 2.38. The molecule has 0 fully saturated rings. The SMILES string of the molecule is CCn1c2ccccc2c2cc(NC(=O)C(Sc3ccc(NC(=O)/C(=C/c4ccc(Cl)cc4)NC(=O)c4ccccc4)cc3)c3ccccc3)ccc21. The summed E-state index contributed by atoms with van der Waals surface area (Å²) in [5, 5.41) is 11.1. The van der Waals surface area contributed by atoms with Crippen LogP contribution in [0.25, 0.3) is 27.9 Å². The zero-order valence-electron chi connectivity index (χ0n) is 28.8. The molecule has 9 heteroatoms. The molecule has 1 atom stereocenters. The molecule has 3 amide bonds. The lowest BCUT2D eigenvalue weighted by Gasteiger charge is -2.18. The third kappa shape index (κ3) is 8.20. The van der Waals surface area contributed by atoms with Crippen LogP contribution in [0, 0.1) is 0 Å². The van der Waals surface area contributed by atoms with Crippen LogP contribution in [0.2, 0.25) is 5.02 Å². The summed E-state index contributed by atoms with van der Waals surface area (Å²) >= 11 is 7.48. The number of nitrogens with one attached hydrogen (secondary N) is 3. The topological polar surface area (TPSA) is 92.2 Å². The van der Waals surface area contributed by atoms with Crippen LogP contribution >= 0.6 is 23.4 Å². The Morgan fingerprint density at radius 2 is 1.34 bits per heavy atom. The van der Waals surface area contributed by atoms with Crippen LogP contribution in [0.1, 0.15) is 33.7 Å². The maximum absolute atomic E-state index is 14.0. The summed E-state index contributed by atoms with van der Waals surface area (Å²) in [6, 6.07) is 47.0. The van der Waals surface area contributed by atoms with Crippen molar-refractivity contribution in [2.24, 2.45) is 0 Å². The van der Waals surface area contributed by atoms with E-state index in [1.807, 2.05) is 72.8 Å². The number of hydrogen-bond donors (Lipinski definition) is 3. The Hall–Kier alpha value is -6.09. The largest absolute Gasteiger partial charge is 0.341 e. The highest BCUT2D eigenvalue weighted by molar-refractivity contribution is 8.00. The van der Waals surface area contributed by atoms with E-state index in [2.05, 4.69) is 45.6 Å². The molecule has 3 N–H and O–H groups in total. The maximum atomic E-state index is 14.0. The van der Waals surface area contributed by atoms with Crippen molar-refractivity contribution in [2.45, 2.75) is 23.6 Å². The Balaban J connectivity index is 1.09. The molecule has 0 saturated carbocycles. The van der Waals surface area contributed by atoms with Gasteiger partial charge in [0.05, 0.1) is 0 Å². The minimum atomic E-state index is -0.550. The van der Waals surface area contributed by atoms with Gasteiger partial charge in [0.2, 0.25) is 5.91 Å². The summed E-state index contributed by atoms with van der Waals surface area (Å²) in [6.45, 7) is 2.98. The lowest BCUT2D eigenvalue weighted by atomic mass is 10.1. The Bertz CT molecular complexity index is 2450. The van der Waals surface area contributed by atoms with Gasteiger partial charge in [-0.15, -0.1) is 11.8 Å². The molecule has 1 aromatic heterocycles. The van der Waals surface area contributed by atoms with Crippen LogP contribution < -0.4 is 16.0 Å². The first kappa shape index (κ1) is 35.3. The average molecular weight is 735 g/mol. The van der Waals surface area contributed by atoms with E-state index in [9.17, 15) is 14.4 Å². The number of hydrogen-bond acceptors (Lipinski definition) is 4. The van der Waals surface area contributed by atoms with E-state index >= 15 is 0 Å². The van der Waals surface area contributed by atoms with Crippen molar-refractivity contribution in [3.8, 4) is 0 Å². The van der Waals surface area contributed by atoms with Crippen molar-refractivity contribution in [3.05, 3.63) is 179 Å². The van der Waals surface area contributed by atoms with Gasteiger partial charge in [-0.05, 0) is 96.9 Å². The van der Waals surface area contributed by atoms with E-state index < -0.39 is 17.1 Å². The number of anilines is 2. The van der Waals surface area contributed by atoms with Crippen LogP contribution in [0.4, 0.5) is 11.4 Å². The minimum Gasteiger partial charge on any atom is -0.341 e. The Kier molecular flexibility index (Phi) is 10.7.